The molecule has 0 amide bonds. The van der Waals surface area contributed by atoms with Crippen LogP contribution in [0.1, 0.15) is 22.3 Å². The van der Waals surface area contributed by atoms with E-state index in [1.165, 1.54) is 0 Å². The predicted molar refractivity (Wildman–Crippen MR) is 99.4 cm³/mol. The Hall–Kier alpha value is -2.31. The zero-order valence-corrected chi connectivity index (χ0v) is 14.6. The smallest absolute Gasteiger partial charge is 0.233 e. The molecule has 128 valence electrons. The lowest BCUT2D eigenvalue weighted by atomic mass is 10.0. The molecule has 5 nitrogen and oxygen atoms in total. The molecule has 0 atom stereocenters. The number of hydrogen-bond donors (Lipinski definition) is 3. The summed E-state index contributed by atoms with van der Waals surface area (Å²) in [5, 5.41) is 9.79. The first-order chi connectivity index (χ1) is 11.3. The van der Waals surface area contributed by atoms with Gasteiger partial charge in [0.05, 0.1) is 5.75 Å². The van der Waals surface area contributed by atoms with E-state index in [1.54, 1.807) is 12.1 Å². The van der Waals surface area contributed by atoms with Crippen LogP contribution in [0.2, 0.25) is 0 Å². The van der Waals surface area contributed by atoms with Crippen LogP contribution in [0.5, 0.6) is 5.75 Å². The number of aromatic hydroxyl groups is 1. The lowest BCUT2D eigenvalue weighted by Gasteiger charge is -2.07. The fourth-order valence-corrected chi connectivity index (χ4v) is 3.23. The van der Waals surface area contributed by atoms with Gasteiger partial charge in [0.25, 0.3) is 0 Å². The molecule has 0 saturated heterocycles. The number of phenolic OH excluding ortho intramolecular Hbond substituents is 1. The summed E-state index contributed by atoms with van der Waals surface area (Å²) in [5.41, 5.74) is 9.39. The minimum atomic E-state index is -3.38. The van der Waals surface area contributed by atoms with Gasteiger partial charge in [-0.2, -0.15) is 0 Å². The van der Waals surface area contributed by atoms with Crippen molar-refractivity contribution >= 4 is 27.9 Å². The van der Waals surface area contributed by atoms with Crippen molar-refractivity contribution in [1.82, 2.24) is 0 Å². The first kappa shape index (κ1) is 18.0. The van der Waals surface area contributed by atoms with Crippen LogP contribution in [-0.4, -0.2) is 25.8 Å². The van der Waals surface area contributed by atoms with Gasteiger partial charge in [0.15, 0.2) is 0 Å². The van der Waals surface area contributed by atoms with E-state index < -0.39 is 10.0 Å². The Morgan fingerprint density at radius 2 is 1.58 bits per heavy atom. The number of anilines is 1. The molecule has 0 aliphatic carbocycles. The molecule has 0 fully saturated rings. The van der Waals surface area contributed by atoms with Crippen molar-refractivity contribution in [2.75, 3.05) is 17.0 Å². The average molecular weight is 346 g/mol. The second kappa shape index (κ2) is 7.51. The molecule has 2 aromatic rings. The molecule has 2 rings (SSSR count). The number of nitrogens with two attached hydrogens (primary N) is 1. The number of hydrogen-bond acceptors (Lipinski definition) is 4. The van der Waals surface area contributed by atoms with E-state index in [-0.39, 0.29) is 12.3 Å². The van der Waals surface area contributed by atoms with Crippen LogP contribution in [0.3, 0.4) is 0 Å². The van der Waals surface area contributed by atoms with Gasteiger partial charge < -0.3 is 10.8 Å². The molecule has 0 aromatic heterocycles. The lowest BCUT2D eigenvalue weighted by molar-refractivity contribution is 0.467. The summed E-state index contributed by atoms with van der Waals surface area (Å²) in [5.74, 6) is 0.218. The van der Waals surface area contributed by atoms with Crippen molar-refractivity contribution in [3.63, 3.8) is 0 Å². The highest BCUT2D eigenvalue weighted by molar-refractivity contribution is 7.92. The maximum atomic E-state index is 11.7. The van der Waals surface area contributed by atoms with E-state index in [0.717, 1.165) is 22.3 Å². The van der Waals surface area contributed by atoms with Crippen molar-refractivity contribution in [3.05, 3.63) is 58.7 Å². The third-order valence-corrected chi connectivity index (χ3v) is 4.87. The van der Waals surface area contributed by atoms with Crippen LogP contribution in [0.15, 0.2) is 36.4 Å². The Kier molecular flexibility index (Phi) is 5.64. The topological polar surface area (TPSA) is 92.4 Å². The quantitative estimate of drug-likeness (QED) is 0.701. The van der Waals surface area contributed by atoms with Gasteiger partial charge in [0.2, 0.25) is 10.0 Å². The fourth-order valence-electron chi connectivity index (χ4n) is 2.33. The number of rotatable bonds is 6. The molecule has 0 aliphatic heterocycles. The Balaban J connectivity index is 2.12. The normalized spacial score (nSPS) is 11.8. The third kappa shape index (κ3) is 4.84. The third-order valence-electron chi connectivity index (χ3n) is 3.55. The van der Waals surface area contributed by atoms with Crippen LogP contribution in [0.4, 0.5) is 5.69 Å². The van der Waals surface area contributed by atoms with Crippen molar-refractivity contribution < 1.29 is 13.5 Å². The molecular formula is C18H22N2O3S. The highest BCUT2D eigenvalue weighted by Gasteiger charge is 2.08. The SMILES string of the molecule is Cc1cc(/C=C/c2ccc(NS(=O)(=O)CCN)cc2)cc(C)c1O. The molecular weight excluding hydrogens is 324 g/mol. The summed E-state index contributed by atoms with van der Waals surface area (Å²) in [6, 6.07) is 10.9. The highest BCUT2D eigenvalue weighted by atomic mass is 32.2. The predicted octanol–water partition coefficient (Wildman–Crippen LogP) is 2.88. The first-order valence-electron chi connectivity index (χ1n) is 7.59. The standard InChI is InChI=1S/C18H22N2O3S/c1-13-11-16(12-14(2)18(13)21)4-3-15-5-7-17(8-6-15)20-24(22,23)10-9-19/h3-8,11-12,20-21H,9-10,19H2,1-2H3/b4-3+. The number of sulfonamides is 1. The molecule has 0 unspecified atom stereocenters. The van der Waals surface area contributed by atoms with Crippen molar-refractivity contribution in [1.29, 1.82) is 0 Å². The van der Waals surface area contributed by atoms with Gasteiger partial charge >= 0.3 is 0 Å². The summed E-state index contributed by atoms with van der Waals surface area (Å²) in [6.07, 6.45) is 3.89. The highest BCUT2D eigenvalue weighted by Crippen LogP contribution is 2.24. The van der Waals surface area contributed by atoms with Crippen LogP contribution >= 0.6 is 0 Å². The molecule has 6 heteroatoms. The molecule has 2 aromatic carbocycles. The molecule has 24 heavy (non-hydrogen) atoms. The molecule has 0 saturated carbocycles. The van der Waals surface area contributed by atoms with E-state index in [2.05, 4.69) is 4.72 Å². The van der Waals surface area contributed by atoms with E-state index in [4.69, 9.17) is 5.73 Å². The minimum absolute atomic E-state index is 0.0849. The van der Waals surface area contributed by atoms with E-state index in [0.29, 0.717) is 11.4 Å². The summed E-state index contributed by atoms with van der Waals surface area (Å²) >= 11 is 0. The van der Waals surface area contributed by atoms with Crippen LogP contribution in [0.25, 0.3) is 12.2 Å². The van der Waals surface area contributed by atoms with E-state index >= 15 is 0 Å². The maximum absolute atomic E-state index is 11.7. The average Bonchev–Trinajstić information content (AvgIpc) is 2.51. The maximum Gasteiger partial charge on any atom is 0.233 e. The Morgan fingerprint density at radius 3 is 2.12 bits per heavy atom. The molecule has 4 N–H and O–H groups in total. The second-order valence-electron chi connectivity index (χ2n) is 5.67. The first-order valence-corrected chi connectivity index (χ1v) is 9.25. The number of aryl methyl sites for hydroxylation is 2. The zero-order valence-electron chi connectivity index (χ0n) is 13.8. The van der Waals surface area contributed by atoms with Crippen LogP contribution < -0.4 is 10.5 Å². The summed E-state index contributed by atoms with van der Waals surface area (Å²) in [7, 11) is -3.38. The van der Waals surface area contributed by atoms with Crippen molar-refractivity contribution in [3.8, 4) is 5.75 Å². The van der Waals surface area contributed by atoms with Gasteiger partial charge in [-0.1, -0.05) is 24.3 Å². The fraction of sp³-hybridized carbons (Fsp3) is 0.222. The van der Waals surface area contributed by atoms with Gasteiger partial charge in [-0.05, 0) is 60.4 Å². The molecule has 0 bridgehead atoms. The molecule has 0 aliphatic rings. The number of benzene rings is 2. The molecule has 0 heterocycles. The summed E-state index contributed by atoms with van der Waals surface area (Å²) < 4.78 is 25.8. The van der Waals surface area contributed by atoms with Crippen molar-refractivity contribution in [2.45, 2.75) is 13.8 Å². The monoisotopic (exact) mass is 346 g/mol. The minimum Gasteiger partial charge on any atom is -0.507 e. The van der Waals surface area contributed by atoms with E-state index in [1.807, 2.05) is 50.3 Å². The van der Waals surface area contributed by atoms with Gasteiger partial charge in [-0.15, -0.1) is 0 Å². The second-order valence-corrected chi connectivity index (χ2v) is 7.51. The van der Waals surface area contributed by atoms with Gasteiger partial charge in [0, 0.05) is 12.2 Å². The number of phenols is 1. The Bertz CT molecular complexity index is 818. The Morgan fingerprint density at radius 1 is 1.04 bits per heavy atom. The Labute approximate surface area is 142 Å². The van der Waals surface area contributed by atoms with Crippen LogP contribution in [0, 0.1) is 13.8 Å². The summed E-state index contributed by atoms with van der Waals surface area (Å²) in [6.45, 7) is 3.81. The largest absolute Gasteiger partial charge is 0.507 e. The van der Waals surface area contributed by atoms with E-state index in [9.17, 15) is 13.5 Å². The van der Waals surface area contributed by atoms with Crippen molar-refractivity contribution in [2.24, 2.45) is 5.73 Å². The zero-order chi connectivity index (χ0) is 17.7. The molecule has 0 radical (unpaired) electrons. The lowest BCUT2D eigenvalue weighted by Crippen LogP contribution is -2.22. The number of nitrogens with one attached hydrogen (secondary N) is 1. The van der Waals surface area contributed by atoms with Gasteiger partial charge in [-0.25, -0.2) is 8.42 Å². The summed E-state index contributed by atoms with van der Waals surface area (Å²) in [4.78, 5) is 0. The molecule has 0 spiro atoms. The van der Waals surface area contributed by atoms with Gasteiger partial charge in [-0.3, -0.25) is 4.72 Å². The van der Waals surface area contributed by atoms with Crippen LogP contribution in [-0.2, 0) is 10.0 Å². The van der Waals surface area contributed by atoms with Gasteiger partial charge in [0.1, 0.15) is 5.75 Å².